The van der Waals surface area contributed by atoms with E-state index in [0.717, 1.165) is 5.56 Å². The number of carbonyl (C=O) groups is 2. The number of halogens is 1. The Morgan fingerprint density at radius 2 is 1.95 bits per heavy atom. The van der Waals surface area contributed by atoms with E-state index in [1.165, 1.54) is 18.3 Å². The molecule has 0 unspecified atom stereocenters. The lowest BCUT2D eigenvalue weighted by molar-refractivity contribution is 0.0696. The fraction of sp³-hybridized carbons (Fsp3) is 0.0714. The quantitative estimate of drug-likeness (QED) is 0.911. The van der Waals surface area contributed by atoms with Crippen molar-refractivity contribution in [3.63, 3.8) is 0 Å². The smallest absolute Gasteiger partial charge is 0.335 e. The van der Waals surface area contributed by atoms with E-state index in [-0.39, 0.29) is 17.3 Å². The number of hydrogen-bond acceptors (Lipinski definition) is 3. The number of carbonyl (C=O) groups excluding carboxylic acids is 1. The van der Waals surface area contributed by atoms with Crippen molar-refractivity contribution in [1.82, 2.24) is 4.98 Å². The largest absolute Gasteiger partial charge is 0.478 e. The summed E-state index contributed by atoms with van der Waals surface area (Å²) in [6.07, 6.45) is 1.33. The first-order valence-corrected chi connectivity index (χ1v) is 6.12. The van der Waals surface area contributed by atoms with Crippen molar-refractivity contribution >= 4 is 29.3 Å². The summed E-state index contributed by atoms with van der Waals surface area (Å²) in [5.74, 6) is -1.27. The molecule has 0 saturated carbocycles. The van der Waals surface area contributed by atoms with Gasteiger partial charge in [-0.25, -0.2) is 9.78 Å². The number of aromatic carboxylic acids is 1. The van der Waals surface area contributed by atoms with Gasteiger partial charge in [0.2, 0.25) is 0 Å². The van der Waals surface area contributed by atoms with E-state index < -0.39 is 5.97 Å². The summed E-state index contributed by atoms with van der Waals surface area (Å²) < 4.78 is 0. The zero-order valence-electron chi connectivity index (χ0n) is 10.6. The topological polar surface area (TPSA) is 79.3 Å². The molecule has 0 spiro atoms. The SMILES string of the molecule is Cc1cc(C(=O)Nc2cc(C(=O)O)ccn2)ccc1Cl. The Labute approximate surface area is 120 Å². The molecule has 0 radical (unpaired) electrons. The number of benzene rings is 1. The van der Waals surface area contributed by atoms with E-state index in [2.05, 4.69) is 10.3 Å². The van der Waals surface area contributed by atoms with Gasteiger partial charge < -0.3 is 10.4 Å². The number of hydrogen-bond donors (Lipinski definition) is 2. The van der Waals surface area contributed by atoms with Crippen molar-refractivity contribution in [2.75, 3.05) is 5.32 Å². The standard InChI is InChI=1S/C14H11ClN2O3/c1-8-6-9(2-3-11(8)15)13(18)17-12-7-10(14(19)20)4-5-16-12/h2-7H,1H3,(H,19,20)(H,16,17,18). The molecular formula is C14H11ClN2O3. The highest BCUT2D eigenvalue weighted by atomic mass is 35.5. The van der Waals surface area contributed by atoms with Gasteiger partial charge in [-0.1, -0.05) is 11.6 Å². The Bertz CT molecular complexity index is 686. The summed E-state index contributed by atoms with van der Waals surface area (Å²) in [4.78, 5) is 26.8. The first kappa shape index (κ1) is 14.0. The Hall–Kier alpha value is -2.40. The van der Waals surface area contributed by atoms with E-state index in [4.69, 9.17) is 16.7 Å². The average molecular weight is 291 g/mol. The molecule has 0 fully saturated rings. The molecule has 6 heteroatoms. The third-order valence-corrected chi connectivity index (χ3v) is 3.09. The van der Waals surface area contributed by atoms with E-state index in [9.17, 15) is 9.59 Å². The molecule has 0 aliphatic heterocycles. The lowest BCUT2D eigenvalue weighted by Gasteiger charge is -2.06. The number of nitrogens with one attached hydrogen (secondary N) is 1. The molecule has 1 aromatic carbocycles. The summed E-state index contributed by atoms with van der Waals surface area (Å²) in [5.41, 5.74) is 1.27. The number of aryl methyl sites for hydroxylation is 1. The molecule has 0 saturated heterocycles. The molecule has 1 aromatic heterocycles. The van der Waals surface area contributed by atoms with Crippen molar-refractivity contribution in [3.05, 3.63) is 58.2 Å². The lowest BCUT2D eigenvalue weighted by Crippen LogP contribution is -2.13. The monoisotopic (exact) mass is 290 g/mol. The molecule has 0 aliphatic carbocycles. The van der Waals surface area contributed by atoms with Crippen molar-refractivity contribution < 1.29 is 14.7 Å². The van der Waals surface area contributed by atoms with Gasteiger partial charge in [0, 0.05) is 16.8 Å². The first-order chi connectivity index (χ1) is 9.47. The van der Waals surface area contributed by atoms with Crippen LogP contribution in [-0.4, -0.2) is 22.0 Å². The van der Waals surface area contributed by atoms with Crippen LogP contribution >= 0.6 is 11.6 Å². The fourth-order valence-corrected chi connectivity index (χ4v) is 1.72. The van der Waals surface area contributed by atoms with Gasteiger partial charge in [0.15, 0.2) is 0 Å². The number of nitrogens with zero attached hydrogens (tertiary/aromatic N) is 1. The third kappa shape index (κ3) is 3.13. The number of pyridine rings is 1. The maximum Gasteiger partial charge on any atom is 0.335 e. The highest BCUT2D eigenvalue weighted by Crippen LogP contribution is 2.17. The Balaban J connectivity index is 2.21. The summed E-state index contributed by atoms with van der Waals surface area (Å²) in [6.45, 7) is 1.79. The van der Waals surface area contributed by atoms with E-state index in [1.807, 2.05) is 0 Å². The Kier molecular flexibility index (Phi) is 4.00. The van der Waals surface area contributed by atoms with Crippen LogP contribution in [0, 0.1) is 6.92 Å². The highest BCUT2D eigenvalue weighted by Gasteiger charge is 2.10. The van der Waals surface area contributed by atoms with Crippen LogP contribution in [0.2, 0.25) is 5.02 Å². The Morgan fingerprint density at radius 3 is 2.60 bits per heavy atom. The zero-order valence-corrected chi connectivity index (χ0v) is 11.3. The van der Waals surface area contributed by atoms with Crippen LogP contribution < -0.4 is 5.32 Å². The summed E-state index contributed by atoms with van der Waals surface area (Å²) in [5, 5.41) is 12.0. The Morgan fingerprint density at radius 1 is 1.20 bits per heavy atom. The predicted octanol–water partition coefficient (Wildman–Crippen LogP) is 2.99. The lowest BCUT2D eigenvalue weighted by atomic mass is 10.1. The van der Waals surface area contributed by atoms with Gasteiger partial charge >= 0.3 is 5.97 Å². The van der Waals surface area contributed by atoms with Gasteiger partial charge in [0.1, 0.15) is 5.82 Å². The van der Waals surface area contributed by atoms with Crippen molar-refractivity contribution in [1.29, 1.82) is 0 Å². The third-order valence-electron chi connectivity index (χ3n) is 2.67. The van der Waals surface area contributed by atoms with E-state index in [0.29, 0.717) is 10.6 Å². The molecular weight excluding hydrogens is 280 g/mol. The molecule has 0 aliphatic rings. The molecule has 1 amide bonds. The number of aromatic nitrogens is 1. The van der Waals surface area contributed by atoms with Crippen molar-refractivity contribution in [2.45, 2.75) is 6.92 Å². The summed E-state index contributed by atoms with van der Waals surface area (Å²) in [6, 6.07) is 7.52. The van der Waals surface area contributed by atoms with Crippen LogP contribution in [0.15, 0.2) is 36.5 Å². The molecule has 2 rings (SSSR count). The number of amides is 1. The minimum atomic E-state index is -1.08. The normalized spacial score (nSPS) is 10.1. The maximum absolute atomic E-state index is 12.0. The van der Waals surface area contributed by atoms with Crippen LogP contribution in [0.4, 0.5) is 5.82 Å². The van der Waals surface area contributed by atoms with Gasteiger partial charge in [-0.3, -0.25) is 4.79 Å². The molecule has 0 atom stereocenters. The summed E-state index contributed by atoms with van der Waals surface area (Å²) >= 11 is 5.89. The van der Waals surface area contributed by atoms with Gasteiger partial charge in [0.05, 0.1) is 5.56 Å². The zero-order chi connectivity index (χ0) is 14.7. The number of rotatable bonds is 3. The number of carboxylic acids is 1. The summed E-state index contributed by atoms with van der Waals surface area (Å²) in [7, 11) is 0. The minimum absolute atomic E-state index is 0.0580. The minimum Gasteiger partial charge on any atom is -0.478 e. The second-order valence-electron chi connectivity index (χ2n) is 4.15. The van der Waals surface area contributed by atoms with Gasteiger partial charge in [-0.2, -0.15) is 0 Å². The fourth-order valence-electron chi connectivity index (χ4n) is 1.61. The molecule has 102 valence electrons. The first-order valence-electron chi connectivity index (χ1n) is 5.74. The molecule has 2 N–H and O–H groups in total. The highest BCUT2D eigenvalue weighted by molar-refractivity contribution is 6.31. The molecule has 0 bridgehead atoms. The second kappa shape index (κ2) is 5.71. The van der Waals surface area contributed by atoms with Crippen molar-refractivity contribution in [2.24, 2.45) is 0 Å². The van der Waals surface area contributed by atoms with Gasteiger partial charge in [-0.15, -0.1) is 0 Å². The van der Waals surface area contributed by atoms with Crippen LogP contribution in [-0.2, 0) is 0 Å². The van der Waals surface area contributed by atoms with Crippen molar-refractivity contribution in [3.8, 4) is 0 Å². The number of carboxylic acid groups (broad SMARTS) is 1. The van der Waals surface area contributed by atoms with Crippen LogP contribution in [0.1, 0.15) is 26.3 Å². The molecule has 2 aromatic rings. The van der Waals surface area contributed by atoms with Crippen LogP contribution in [0.25, 0.3) is 0 Å². The molecule has 1 heterocycles. The number of anilines is 1. The van der Waals surface area contributed by atoms with E-state index >= 15 is 0 Å². The average Bonchev–Trinajstić information content (AvgIpc) is 2.42. The van der Waals surface area contributed by atoms with E-state index in [1.54, 1.807) is 25.1 Å². The van der Waals surface area contributed by atoms with Crippen LogP contribution in [0.5, 0.6) is 0 Å². The molecule has 5 nitrogen and oxygen atoms in total. The van der Waals surface area contributed by atoms with Gasteiger partial charge in [-0.05, 0) is 42.8 Å². The van der Waals surface area contributed by atoms with Gasteiger partial charge in [0.25, 0.3) is 5.91 Å². The predicted molar refractivity (Wildman–Crippen MR) is 75.3 cm³/mol. The van der Waals surface area contributed by atoms with Crippen LogP contribution in [0.3, 0.4) is 0 Å². The molecule has 20 heavy (non-hydrogen) atoms. The maximum atomic E-state index is 12.0. The second-order valence-corrected chi connectivity index (χ2v) is 4.56.